The minimum absolute atomic E-state index is 0.0421. The molecule has 0 radical (unpaired) electrons. The monoisotopic (exact) mass is 222 g/mol. The molecule has 16 heavy (non-hydrogen) atoms. The van der Waals surface area contributed by atoms with E-state index in [2.05, 4.69) is 5.32 Å². The molecule has 0 saturated heterocycles. The van der Waals surface area contributed by atoms with E-state index in [0.29, 0.717) is 12.2 Å². The number of rotatable bonds is 4. The van der Waals surface area contributed by atoms with Gasteiger partial charge in [0.25, 0.3) is 0 Å². The Balaban J connectivity index is 2.75. The van der Waals surface area contributed by atoms with Gasteiger partial charge in [0.1, 0.15) is 5.82 Å². The van der Waals surface area contributed by atoms with E-state index >= 15 is 0 Å². The summed E-state index contributed by atoms with van der Waals surface area (Å²) in [4.78, 5) is 0. The molecule has 3 nitrogen and oxygen atoms in total. The summed E-state index contributed by atoms with van der Waals surface area (Å²) in [5.74, 6) is -0.441. The standard InChI is InChI=1S/C12H15FN2O/c1-12(2,8-16)7-15-11-4-9(6-14)3-10(13)5-11/h3-5,15-16H,7-8H2,1-2H3. The Kier molecular flexibility index (Phi) is 3.86. The molecule has 0 spiro atoms. The topological polar surface area (TPSA) is 56.0 Å². The third-order valence-corrected chi connectivity index (χ3v) is 2.23. The van der Waals surface area contributed by atoms with Crippen LogP contribution in [0.1, 0.15) is 19.4 Å². The first kappa shape index (κ1) is 12.5. The van der Waals surface area contributed by atoms with Gasteiger partial charge in [0.05, 0.1) is 11.6 Å². The molecule has 0 aliphatic rings. The Hall–Kier alpha value is -1.60. The molecule has 0 atom stereocenters. The van der Waals surface area contributed by atoms with Crippen molar-refractivity contribution in [3.8, 4) is 6.07 Å². The second-order valence-electron chi connectivity index (χ2n) is 4.52. The summed E-state index contributed by atoms with van der Waals surface area (Å²) in [7, 11) is 0. The molecule has 0 aliphatic heterocycles. The number of nitrogens with one attached hydrogen (secondary N) is 1. The molecular formula is C12H15FN2O. The van der Waals surface area contributed by atoms with Gasteiger partial charge in [-0.05, 0) is 18.2 Å². The highest BCUT2D eigenvalue weighted by Gasteiger charge is 2.16. The summed E-state index contributed by atoms with van der Waals surface area (Å²) >= 11 is 0. The van der Waals surface area contributed by atoms with Gasteiger partial charge in [-0.3, -0.25) is 0 Å². The van der Waals surface area contributed by atoms with Crippen molar-refractivity contribution in [1.82, 2.24) is 0 Å². The highest BCUT2D eigenvalue weighted by Crippen LogP contribution is 2.18. The zero-order valence-electron chi connectivity index (χ0n) is 9.42. The summed E-state index contributed by atoms with van der Waals surface area (Å²) in [6.07, 6.45) is 0. The zero-order valence-corrected chi connectivity index (χ0v) is 9.42. The number of aliphatic hydroxyl groups excluding tert-OH is 1. The number of anilines is 1. The van der Waals surface area contributed by atoms with Gasteiger partial charge in [-0.1, -0.05) is 13.8 Å². The molecule has 0 heterocycles. The molecule has 0 aliphatic carbocycles. The van der Waals surface area contributed by atoms with Crippen LogP contribution >= 0.6 is 0 Å². The SMILES string of the molecule is CC(C)(CO)CNc1cc(F)cc(C#N)c1. The van der Waals surface area contributed by atoms with Gasteiger partial charge in [-0.25, -0.2) is 4.39 Å². The first-order valence-electron chi connectivity index (χ1n) is 5.02. The summed E-state index contributed by atoms with van der Waals surface area (Å²) in [6.45, 7) is 4.34. The second kappa shape index (κ2) is 4.95. The van der Waals surface area contributed by atoms with Crippen molar-refractivity contribution in [3.63, 3.8) is 0 Å². The van der Waals surface area contributed by atoms with E-state index in [4.69, 9.17) is 10.4 Å². The molecule has 4 heteroatoms. The van der Waals surface area contributed by atoms with Crippen LogP contribution in [0.5, 0.6) is 0 Å². The second-order valence-corrected chi connectivity index (χ2v) is 4.52. The van der Waals surface area contributed by atoms with Crippen LogP contribution in [-0.4, -0.2) is 18.3 Å². The molecule has 1 aromatic carbocycles. The van der Waals surface area contributed by atoms with E-state index in [9.17, 15) is 4.39 Å². The summed E-state index contributed by atoms with van der Waals surface area (Å²) in [5.41, 5.74) is 0.557. The Bertz CT molecular complexity index is 410. The van der Waals surface area contributed by atoms with Gasteiger partial charge >= 0.3 is 0 Å². The number of hydrogen-bond donors (Lipinski definition) is 2. The predicted octanol–water partition coefficient (Wildman–Crippen LogP) is 2.13. The van der Waals surface area contributed by atoms with Crippen molar-refractivity contribution in [1.29, 1.82) is 5.26 Å². The van der Waals surface area contributed by atoms with Crippen LogP contribution in [0.4, 0.5) is 10.1 Å². The van der Waals surface area contributed by atoms with Crippen LogP contribution in [0.2, 0.25) is 0 Å². The van der Waals surface area contributed by atoms with Crippen LogP contribution in [-0.2, 0) is 0 Å². The lowest BCUT2D eigenvalue weighted by molar-refractivity contribution is 0.171. The number of benzene rings is 1. The van der Waals surface area contributed by atoms with Crippen LogP contribution < -0.4 is 5.32 Å². The molecule has 0 fully saturated rings. The van der Waals surface area contributed by atoms with E-state index < -0.39 is 5.82 Å². The van der Waals surface area contributed by atoms with Crippen LogP contribution in [0.3, 0.4) is 0 Å². The van der Waals surface area contributed by atoms with Crippen molar-refractivity contribution in [2.24, 2.45) is 5.41 Å². The fourth-order valence-electron chi connectivity index (χ4n) is 1.15. The quantitative estimate of drug-likeness (QED) is 0.820. The maximum atomic E-state index is 13.1. The van der Waals surface area contributed by atoms with E-state index in [1.54, 1.807) is 6.07 Å². The van der Waals surface area contributed by atoms with Crippen molar-refractivity contribution in [2.75, 3.05) is 18.5 Å². The number of hydrogen-bond acceptors (Lipinski definition) is 3. The highest BCUT2D eigenvalue weighted by molar-refractivity contribution is 5.49. The molecule has 2 N–H and O–H groups in total. The van der Waals surface area contributed by atoms with Gasteiger partial charge < -0.3 is 10.4 Å². The van der Waals surface area contributed by atoms with E-state index in [-0.39, 0.29) is 17.6 Å². The van der Waals surface area contributed by atoms with Crippen molar-refractivity contribution >= 4 is 5.69 Å². The lowest BCUT2D eigenvalue weighted by Gasteiger charge is -2.22. The molecule has 1 aromatic rings. The molecule has 86 valence electrons. The van der Waals surface area contributed by atoms with Gasteiger partial charge in [-0.2, -0.15) is 5.26 Å². The van der Waals surface area contributed by atoms with E-state index in [1.807, 2.05) is 19.9 Å². The Labute approximate surface area is 94.5 Å². The van der Waals surface area contributed by atoms with Gasteiger partial charge in [0.2, 0.25) is 0 Å². The number of nitrogens with zero attached hydrogens (tertiary/aromatic N) is 1. The maximum absolute atomic E-state index is 13.1. The first-order chi connectivity index (χ1) is 7.46. The highest BCUT2D eigenvalue weighted by atomic mass is 19.1. The van der Waals surface area contributed by atoms with Crippen molar-refractivity contribution in [3.05, 3.63) is 29.6 Å². The Morgan fingerprint density at radius 1 is 1.44 bits per heavy atom. The fraction of sp³-hybridized carbons (Fsp3) is 0.417. The lowest BCUT2D eigenvalue weighted by Crippen LogP contribution is -2.26. The number of aliphatic hydroxyl groups is 1. The summed E-state index contributed by atoms with van der Waals surface area (Å²) < 4.78 is 13.1. The van der Waals surface area contributed by atoms with Crippen LogP contribution in [0.25, 0.3) is 0 Å². The summed E-state index contributed by atoms with van der Waals surface area (Å²) in [5, 5.41) is 20.7. The summed E-state index contributed by atoms with van der Waals surface area (Å²) in [6, 6.07) is 5.98. The van der Waals surface area contributed by atoms with Crippen molar-refractivity contribution in [2.45, 2.75) is 13.8 Å². The number of nitriles is 1. The van der Waals surface area contributed by atoms with Crippen LogP contribution in [0.15, 0.2) is 18.2 Å². The smallest absolute Gasteiger partial charge is 0.126 e. The third kappa shape index (κ3) is 3.52. The first-order valence-corrected chi connectivity index (χ1v) is 5.02. The zero-order chi connectivity index (χ0) is 12.2. The van der Waals surface area contributed by atoms with E-state index in [1.165, 1.54) is 12.1 Å². The normalized spacial score (nSPS) is 10.9. The largest absolute Gasteiger partial charge is 0.396 e. The molecule has 0 aromatic heterocycles. The molecule has 0 bridgehead atoms. The van der Waals surface area contributed by atoms with Crippen molar-refractivity contribution < 1.29 is 9.50 Å². The molecule has 0 unspecified atom stereocenters. The molecular weight excluding hydrogens is 207 g/mol. The predicted molar refractivity (Wildman–Crippen MR) is 60.5 cm³/mol. The lowest BCUT2D eigenvalue weighted by atomic mass is 9.95. The Morgan fingerprint density at radius 2 is 2.12 bits per heavy atom. The molecule has 1 rings (SSSR count). The average molecular weight is 222 g/mol. The van der Waals surface area contributed by atoms with Gasteiger partial charge in [0.15, 0.2) is 0 Å². The fourth-order valence-corrected chi connectivity index (χ4v) is 1.15. The number of halogens is 1. The van der Waals surface area contributed by atoms with Crippen LogP contribution in [0, 0.1) is 22.6 Å². The Morgan fingerprint density at radius 3 is 2.69 bits per heavy atom. The molecule has 0 saturated carbocycles. The van der Waals surface area contributed by atoms with Gasteiger partial charge in [-0.15, -0.1) is 0 Å². The maximum Gasteiger partial charge on any atom is 0.126 e. The average Bonchev–Trinajstić information content (AvgIpc) is 2.26. The minimum Gasteiger partial charge on any atom is -0.396 e. The minimum atomic E-state index is -0.441. The molecule has 0 amide bonds. The third-order valence-electron chi connectivity index (χ3n) is 2.23. The van der Waals surface area contributed by atoms with Gasteiger partial charge in [0, 0.05) is 24.3 Å². The van der Waals surface area contributed by atoms with E-state index in [0.717, 1.165) is 0 Å².